The fourth-order valence-corrected chi connectivity index (χ4v) is 2.79. The van der Waals surface area contributed by atoms with Gasteiger partial charge >= 0.3 is 5.76 Å². The van der Waals surface area contributed by atoms with Crippen LogP contribution < -0.4 is 0 Å². The molecular formula is C12H10F3N3OS. The zero-order chi connectivity index (χ0) is 14.3. The van der Waals surface area contributed by atoms with Crippen LogP contribution in [0.4, 0.5) is 13.2 Å². The Kier molecular flexibility index (Phi) is 3.33. The Balaban J connectivity index is 2.00. The number of nitrogens with zero attached hydrogens (tertiary/aromatic N) is 3. The van der Waals surface area contributed by atoms with E-state index < -0.39 is 33.9 Å². The zero-order valence-corrected chi connectivity index (χ0v) is 10.9. The van der Waals surface area contributed by atoms with Gasteiger partial charge in [-0.25, -0.2) is 18.3 Å². The van der Waals surface area contributed by atoms with Crippen LogP contribution in [0.1, 0.15) is 30.0 Å². The molecule has 0 N–H and O–H groups in total. The number of aromatic nitrogens is 3. The van der Waals surface area contributed by atoms with Crippen molar-refractivity contribution in [2.75, 3.05) is 0 Å². The maximum Gasteiger partial charge on any atom is 0.319 e. The van der Waals surface area contributed by atoms with E-state index in [2.05, 4.69) is 10.1 Å². The van der Waals surface area contributed by atoms with Crippen LogP contribution in [0.3, 0.4) is 0 Å². The topological polar surface area (TPSA) is 47.8 Å². The third kappa shape index (κ3) is 2.13. The molecule has 4 nitrogen and oxygen atoms in total. The first-order valence-electron chi connectivity index (χ1n) is 5.92. The molecule has 106 valence electrons. The van der Waals surface area contributed by atoms with Crippen molar-refractivity contribution in [2.24, 2.45) is 0 Å². The maximum absolute atomic E-state index is 13.9. The number of rotatable bonds is 3. The van der Waals surface area contributed by atoms with Gasteiger partial charge in [-0.15, -0.1) is 5.10 Å². The average Bonchev–Trinajstić information content (AvgIpc) is 3.00. The largest absolute Gasteiger partial charge is 0.319 e. The van der Waals surface area contributed by atoms with Crippen molar-refractivity contribution in [1.82, 2.24) is 14.8 Å². The summed E-state index contributed by atoms with van der Waals surface area (Å²) >= 11 is 0. The van der Waals surface area contributed by atoms with Gasteiger partial charge in [0.05, 0.1) is 6.04 Å². The molecule has 0 aliphatic carbocycles. The molecule has 0 saturated carbocycles. The maximum atomic E-state index is 13.9. The predicted octanol–water partition coefficient (Wildman–Crippen LogP) is 2.61. The van der Waals surface area contributed by atoms with Crippen LogP contribution in [-0.2, 0) is 10.8 Å². The minimum absolute atomic E-state index is 0.0390. The molecule has 1 aliphatic rings. The lowest BCUT2D eigenvalue weighted by molar-refractivity contribution is 0.243. The average molecular weight is 301 g/mol. The summed E-state index contributed by atoms with van der Waals surface area (Å²) in [6, 6.07) is 8.63. The highest BCUT2D eigenvalue weighted by molar-refractivity contribution is 7.85. The van der Waals surface area contributed by atoms with Crippen molar-refractivity contribution >= 4 is 10.8 Å². The Morgan fingerprint density at radius 1 is 1.30 bits per heavy atom. The molecule has 3 atom stereocenters. The normalized spacial score (nSPS) is 23.0. The molecule has 8 heteroatoms. The second kappa shape index (κ2) is 5.01. The lowest BCUT2D eigenvalue weighted by atomic mass is 10.0. The fourth-order valence-electron chi connectivity index (χ4n) is 2.28. The van der Waals surface area contributed by atoms with E-state index in [-0.39, 0.29) is 12.2 Å². The van der Waals surface area contributed by atoms with Crippen LogP contribution in [-0.4, -0.2) is 24.7 Å². The first kappa shape index (κ1) is 13.3. The summed E-state index contributed by atoms with van der Waals surface area (Å²) in [6.45, 7) is 0. The first-order valence-corrected chi connectivity index (χ1v) is 7.13. The minimum atomic E-state index is -3.08. The summed E-state index contributed by atoms with van der Waals surface area (Å²) in [5.74, 6) is -3.12. The van der Waals surface area contributed by atoms with Crippen molar-refractivity contribution < 1.29 is 17.4 Å². The Bertz CT molecular complexity index is 647. The number of halogens is 3. The van der Waals surface area contributed by atoms with E-state index in [0.717, 1.165) is 5.56 Å². The zero-order valence-electron chi connectivity index (χ0n) is 10.1. The molecule has 0 bridgehead atoms. The van der Waals surface area contributed by atoms with Crippen LogP contribution in [0.25, 0.3) is 0 Å². The Morgan fingerprint density at radius 2 is 2.00 bits per heavy atom. The number of benzene rings is 1. The van der Waals surface area contributed by atoms with Gasteiger partial charge in [-0.1, -0.05) is 30.3 Å². The van der Waals surface area contributed by atoms with Gasteiger partial charge < -0.3 is 0 Å². The van der Waals surface area contributed by atoms with E-state index in [1.807, 2.05) is 6.07 Å². The molecule has 2 heterocycles. The van der Waals surface area contributed by atoms with Crippen LogP contribution in [0, 0.1) is 0 Å². The highest BCUT2D eigenvalue weighted by Crippen LogP contribution is 2.39. The number of alkyl halides is 3. The molecule has 0 amide bonds. The summed E-state index contributed by atoms with van der Waals surface area (Å²) in [7, 11) is -2.62. The second-order valence-electron chi connectivity index (χ2n) is 4.38. The molecule has 1 aromatic heterocycles. The SMILES string of the molecule is O=[S@](c1nc2n(n1)[C@H](c1ccccc1)C[C@@H]2F)C(F)F. The number of hydrogen-bond donors (Lipinski definition) is 0. The van der Waals surface area contributed by atoms with Gasteiger partial charge in [-0.3, -0.25) is 0 Å². The van der Waals surface area contributed by atoms with Gasteiger partial charge in [0.15, 0.2) is 22.8 Å². The summed E-state index contributed by atoms with van der Waals surface area (Å²) in [4.78, 5) is 3.67. The third-order valence-electron chi connectivity index (χ3n) is 3.17. The smallest absolute Gasteiger partial charge is 0.245 e. The fraction of sp³-hybridized carbons (Fsp3) is 0.333. The van der Waals surface area contributed by atoms with Gasteiger partial charge in [-0.2, -0.15) is 8.78 Å². The second-order valence-corrected chi connectivity index (χ2v) is 5.70. The van der Waals surface area contributed by atoms with Crippen molar-refractivity contribution in [3.8, 4) is 0 Å². The van der Waals surface area contributed by atoms with Crippen molar-refractivity contribution in [3.05, 3.63) is 41.7 Å². The Morgan fingerprint density at radius 3 is 2.65 bits per heavy atom. The van der Waals surface area contributed by atoms with E-state index in [9.17, 15) is 17.4 Å². The molecule has 1 aromatic carbocycles. The molecule has 0 spiro atoms. The summed E-state index contributed by atoms with van der Waals surface area (Å²) in [6.07, 6.45) is -1.24. The summed E-state index contributed by atoms with van der Waals surface area (Å²) < 4.78 is 51.3. The minimum Gasteiger partial charge on any atom is -0.245 e. The highest BCUT2D eigenvalue weighted by atomic mass is 32.2. The van der Waals surface area contributed by atoms with Gasteiger partial charge in [0.1, 0.15) is 0 Å². The van der Waals surface area contributed by atoms with Crippen molar-refractivity contribution in [3.63, 3.8) is 0 Å². The van der Waals surface area contributed by atoms with Crippen molar-refractivity contribution in [1.29, 1.82) is 0 Å². The molecule has 3 rings (SSSR count). The summed E-state index contributed by atoms with van der Waals surface area (Å²) in [5, 5.41) is 3.29. The molecular weight excluding hydrogens is 291 g/mol. The molecule has 0 radical (unpaired) electrons. The van der Waals surface area contributed by atoms with Crippen LogP contribution >= 0.6 is 0 Å². The van der Waals surface area contributed by atoms with Gasteiger partial charge in [0, 0.05) is 6.42 Å². The van der Waals surface area contributed by atoms with E-state index in [4.69, 9.17) is 0 Å². The van der Waals surface area contributed by atoms with E-state index in [0.29, 0.717) is 0 Å². The summed E-state index contributed by atoms with van der Waals surface area (Å²) in [5.41, 5.74) is 0.813. The molecule has 0 saturated heterocycles. The molecule has 20 heavy (non-hydrogen) atoms. The molecule has 0 unspecified atom stereocenters. The quantitative estimate of drug-likeness (QED) is 0.875. The van der Waals surface area contributed by atoms with Crippen LogP contribution in [0.2, 0.25) is 0 Å². The van der Waals surface area contributed by atoms with E-state index >= 15 is 0 Å². The predicted molar refractivity (Wildman–Crippen MR) is 65.5 cm³/mol. The van der Waals surface area contributed by atoms with E-state index in [1.54, 1.807) is 24.3 Å². The monoisotopic (exact) mass is 301 g/mol. The van der Waals surface area contributed by atoms with Crippen LogP contribution in [0.15, 0.2) is 35.5 Å². The van der Waals surface area contributed by atoms with Gasteiger partial charge in [0.25, 0.3) is 0 Å². The Hall–Kier alpha value is -1.70. The standard InChI is InChI=1S/C12H10F3N3OS/c13-8-6-9(7-4-2-1-3-5-7)18-10(8)16-12(17-18)20(19)11(14)15/h1-5,8-9,11H,6H2/t8-,9-,20-/m0/s1. The van der Waals surface area contributed by atoms with Crippen LogP contribution in [0.5, 0.6) is 0 Å². The Labute approximate surface area is 115 Å². The van der Waals surface area contributed by atoms with Gasteiger partial charge in [0.2, 0.25) is 5.16 Å². The molecule has 2 aromatic rings. The first-order chi connectivity index (χ1) is 9.58. The third-order valence-corrected chi connectivity index (χ3v) is 4.03. The lowest BCUT2D eigenvalue weighted by Gasteiger charge is -2.11. The number of fused-ring (bicyclic) bond motifs is 1. The van der Waals surface area contributed by atoms with Crippen molar-refractivity contribution in [2.45, 2.75) is 29.5 Å². The highest BCUT2D eigenvalue weighted by Gasteiger charge is 2.37. The molecule has 0 fully saturated rings. The van der Waals surface area contributed by atoms with Gasteiger partial charge in [-0.05, 0) is 5.56 Å². The molecule has 1 aliphatic heterocycles. The lowest BCUT2D eigenvalue weighted by Crippen LogP contribution is -2.10. The number of hydrogen-bond acceptors (Lipinski definition) is 3. The van der Waals surface area contributed by atoms with E-state index in [1.165, 1.54) is 4.68 Å².